The normalized spacial score (nSPS) is 12.3. The monoisotopic (exact) mass is 230 g/mol. The lowest BCUT2D eigenvalue weighted by Crippen LogP contribution is -2.09. The van der Waals surface area contributed by atoms with E-state index in [2.05, 4.69) is 21.7 Å². The SMILES string of the molecule is C=CCC(N)c1nc(Cc2ccncc2)no1. The van der Waals surface area contributed by atoms with Gasteiger partial charge in [-0.1, -0.05) is 11.2 Å². The van der Waals surface area contributed by atoms with Gasteiger partial charge in [0.1, 0.15) is 0 Å². The van der Waals surface area contributed by atoms with Crippen LogP contribution < -0.4 is 5.73 Å². The van der Waals surface area contributed by atoms with Crippen molar-refractivity contribution in [2.24, 2.45) is 5.73 Å². The van der Waals surface area contributed by atoms with E-state index in [4.69, 9.17) is 10.3 Å². The zero-order valence-electron chi connectivity index (χ0n) is 9.41. The van der Waals surface area contributed by atoms with Crippen molar-refractivity contribution in [1.29, 1.82) is 0 Å². The molecule has 0 saturated heterocycles. The average Bonchev–Trinajstić information content (AvgIpc) is 2.79. The minimum Gasteiger partial charge on any atom is -0.338 e. The van der Waals surface area contributed by atoms with Crippen LogP contribution in [0, 0.1) is 0 Å². The number of rotatable bonds is 5. The van der Waals surface area contributed by atoms with Crippen LogP contribution in [0.1, 0.15) is 29.7 Å². The first-order valence-electron chi connectivity index (χ1n) is 5.37. The van der Waals surface area contributed by atoms with Crippen LogP contribution in [0.3, 0.4) is 0 Å². The summed E-state index contributed by atoms with van der Waals surface area (Å²) in [7, 11) is 0. The van der Waals surface area contributed by atoms with Crippen molar-refractivity contribution in [2.75, 3.05) is 0 Å². The van der Waals surface area contributed by atoms with E-state index in [1.54, 1.807) is 18.5 Å². The number of hydrogen-bond donors (Lipinski definition) is 1. The second-order valence-corrected chi connectivity index (χ2v) is 3.71. The third-order valence-corrected chi connectivity index (χ3v) is 2.33. The van der Waals surface area contributed by atoms with E-state index in [-0.39, 0.29) is 6.04 Å². The predicted octanol–water partition coefficient (Wildman–Crippen LogP) is 1.63. The van der Waals surface area contributed by atoms with E-state index < -0.39 is 0 Å². The van der Waals surface area contributed by atoms with Gasteiger partial charge in [-0.25, -0.2) is 0 Å². The van der Waals surface area contributed by atoms with Gasteiger partial charge in [-0.3, -0.25) is 4.98 Å². The maximum absolute atomic E-state index is 5.83. The molecule has 0 aliphatic carbocycles. The van der Waals surface area contributed by atoms with Crippen molar-refractivity contribution in [3.63, 3.8) is 0 Å². The van der Waals surface area contributed by atoms with Gasteiger partial charge in [0.05, 0.1) is 6.04 Å². The van der Waals surface area contributed by atoms with Crippen LogP contribution >= 0.6 is 0 Å². The first-order valence-corrected chi connectivity index (χ1v) is 5.37. The van der Waals surface area contributed by atoms with Crippen LogP contribution in [0.2, 0.25) is 0 Å². The van der Waals surface area contributed by atoms with E-state index in [1.165, 1.54) is 0 Å². The number of pyridine rings is 1. The Bertz CT molecular complexity index is 480. The smallest absolute Gasteiger partial charge is 0.243 e. The Labute approximate surface area is 99.4 Å². The summed E-state index contributed by atoms with van der Waals surface area (Å²) < 4.78 is 5.10. The van der Waals surface area contributed by atoms with E-state index in [9.17, 15) is 0 Å². The molecule has 2 N–H and O–H groups in total. The van der Waals surface area contributed by atoms with Crippen molar-refractivity contribution < 1.29 is 4.52 Å². The summed E-state index contributed by atoms with van der Waals surface area (Å²) in [5, 5.41) is 3.89. The Morgan fingerprint density at radius 3 is 2.88 bits per heavy atom. The zero-order chi connectivity index (χ0) is 12.1. The van der Waals surface area contributed by atoms with E-state index in [0.717, 1.165) is 5.56 Å². The fourth-order valence-electron chi connectivity index (χ4n) is 1.45. The topological polar surface area (TPSA) is 77.8 Å². The molecule has 5 heteroatoms. The van der Waals surface area contributed by atoms with Gasteiger partial charge >= 0.3 is 0 Å². The molecule has 0 aliphatic rings. The summed E-state index contributed by atoms with van der Waals surface area (Å²) in [5.41, 5.74) is 6.92. The van der Waals surface area contributed by atoms with Crippen LogP contribution in [0.25, 0.3) is 0 Å². The van der Waals surface area contributed by atoms with E-state index >= 15 is 0 Å². The van der Waals surface area contributed by atoms with Crippen molar-refractivity contribution >= 4 is 0 Å². The number of aromatic nitrogens is 3. The first kappa shape index (κ1) is 11.5. The summed E-state index contributed by atoms with van der Waals surface area (Å²) in [4.78, 5) is 8.20. The highest BCUT2D eigenvalue weighted by molar-refractivity contribution is 5.14. The summed E-state index contributed by atoms with van der Waals surface area (Å²) >= 11 is 0. The van der Waals surface area contributed by atoms with E-state index in [1.807, 2.05) is 12.1 Å². The highest BCUT2D eigenvalue weighted by Crippen LogP contribution is 2.13. The van der Waals surface area contributed by atoms with Crippen molar-refractivity contribution in [1.82, 2.24) is 15.1 Å². The zero-order valence-corrected chi connectivity index (χ0v) is 9.41. The Morgan fingerprint density at radius 2 is 2.18 bits per heavy atom. The Hall–Kier alpha value is -2.01. The largest absolute Gasteiger partial charge is 0.338 e. The molecule has 0 bridgehead atoms. The summed E-state index contributed by atoms with van der Waals surface area (Å²) in [5.74, 6) is 1.08. The van der Waals surface area contributed by atoms with Crippen molar-refractivity contribution in [3.8, 4) is 0 Å². The van der Waals surface area contributed by atoms with Crippen LogP contribution in [-0.2, 0) is 6.42 Å². The van der Waals surface area contributed by atoms with Gasteiger partial charge in [-0.15, -0.1) is 6.58 Å². The molecule has 2 aromatic heterocycles. The minimum absolute atomic E-state index is 0.272. The van der Waals surface area contributed by atoms with Crippen LogP contribution in [-0.4, -0.2) is 15.1 Å². The van der Waals surface area contributed by atoms with Crippen LogP contribution in [0.5, 0.6) is 0 Å². The first-order chi connectivity index (χ1) is 8.29. The number of nitrogens with zero attached hydrogens (tertiary/aromatic N) is 3. The molecular formula is C12H14N4O. The third-order valence-electron chi connectivity index (χ3n) is 2.33. The van der Waals surface area contributed by atoms with Gasteiger partial charge in [0.2, 0.25) is 5.89 Å². The van der Waals surface area contributed by atoms with E-state index in [0.29, 0.717) is 24.6 Å². The predicted molar refractivity (Wildman–Crippen MR) is 63.1 cm³/mol. The molecule has 0 fully saturated rings. The number of hydrogen-bond acceptors (Lipinski definition) is 5. The van der Waals surface area contributed by atoms with Crippen molar-refractivity contribution in [2.45, 2.75) is 18.9 Å². The minimum atomic E-state index is -0.272. The molecule has 0 aliphatic heterocycles. The molecule has 17 heavy (non-hydrogen) atoms. The van der Waals surface area contributed by atoms with Crippen LogP contribution in [0.15, 0.2) is 41.7 Å². The molecule has 0 saturated carbocycles. The third kappa shape index (κ3) is 2.98. The molecule has 1 unspecified atom stereocenters. The molecule has 0 amide bonds. The molecule has 2 heterocycles. The fraction of sp³-hybridized carbons (Fsp3) is 0.250. The molecule has 0 radical (unpaired) electrons. The van der Waals surface area contributed by atoms with Gasteiger partial charge in [0, 0.05) is 18.8 Å². The van der Waals surface area contributed by atoms with Crippen LogP contribution in [0.4, 0.5) is 0 Å². The number of nitrogens with two attached hydrogens (primary N) is 1. The molecular weight excluding hydrogens is 216 g/mol. The maximum Gasteiger partial charge on any atom is 0.243 e. The second-order valence-electron chi connectivity index (χ2n) is 3.71. The van der Waals surface area contributed by atoms with Crippen molar-refractivity contribution in [3.05, 3.63) is 54.5 Å². The average molecular weight is 230 g/mol. The van der Waals surface area contributed by atoms with Gasteiger partial charge in [0.15, 0.2) is 5.82 Å². The summed E-state index contributed by atoms with van der Waals surface area (Å²) in [6, 6.07) is 3.56. The lowest BCUT2D eigenvalue weighted by molar-refractivity contribution is 0.352. The molecule has 2 rings (SSSR count). The van der Waals surface area contributed by atoms with Gasteiger partial charge in [-0.2, -0.15) is 4.98 Å². The van der Waals surface area contributed by atoms with Gasteiger partial charge < -0.3 is 10.3 Å². The fourth-order valence-corrected chi connectivity index (χ4v) is 1.45. The standard InChI is InChI=1S/C12H14N4O/c1-2-3-10(13)12-15-11(16-17-12)8-9-4-6-14-7-5-9/h2,4-7,10H,1,3,8,13H2. The lowest BCUT2D eigenvalue weighted by atomic mass is 10.2. The molecule has 1 atom stereocenters. The summed E-state index contributed by atoms with van der Waals surface area (Å²) in [6.45, 7) is 3.62. The lowest BCUT2D eigenvalue weighted by Gasteiger charge is -2.00. The Morgan fingerprint density at radius 1 is 1.41 bits per heavy atom. The van der Waals surface area contributed by atoms with Gasteiger partial charge in [0.25, 0.3) is 0 Å². The molecule has 2 aromatic rings. The Balaban J connectivity index is 2.06. The van der Waals surface area contributed by atoms with Gasteiger partial charge in [-0.05, 0) is 24.1 Å². The second kappa shape index (κ2) is 5.36. The summed E-state index contributed by atoms with van der Waals surface area (Å²) in [6.07, 6.45) is 6.45. The Kier molecular flexibility index (Phi) is 3.62. The highest BCUT2D eigenvalue weighted by atomic mass is 16.5. The molecule has 0 spiro atoms. The molecule has 88 valence electrons. The maximum atomic E-state index is 5.83. The molecule has 0 aromatic carbocycles. The quantitative estimate of drug-likeness (QED) is 0.790. The highest BCUT2D eigenvalue weighted by Gasteiger charge is 2.13. The molecule has 5 nitrogen and oxygen atoms in total.